The van der Waals surface area contributed by atoms with E-state index in [9.17, 15) is 8.78 Å². The van der Waals surface area contributed by atoms with Crippen LogP contribution in [-0.2, 0) is 4.84 Å². The molecule has 0 amide bonds. The van der Waals surface area contributed by atoms with Gasteiger partial charge in [-0.25, -0.2) is 8.78 Å². The SMILES string of the molecule is [N-]=[N+]=NC[C@H]1CC(c2ccc(F)c(F)c2)=NO1. The van der Waals surface area contributed by atoms with Gasteiger partial charge in [0.15, 0.2) is 11.6 Å². The summed E-state index contributed by atoms with van der Waals surface area (Å²) in [6, 6.07) is 3.53. The fourth-order valence-corrected chi connectivity index (χ4v) is 1.50. The summed E-state index contributed by atoms with van der Waals surface area (Å²) in [6.45, 7) is 0.160. The molecule has 1 heterocycles. The molecule has 1 atom stereocenters. The molecule has 0 spiro atoms. The highest BCUT2D eigenvalue weighted by Gasteiger charge is 2.22. The lowest BCUT2D eigenvalue weighted by molar-refractivity contribution is 0.0919. The lowest BCUT2D eigenvalue weighted by Gasteiger charge is -2.02. The Morgan fingerprint density at radius 3 is 3.00 bits per heavy atom. The van der Waals surface area contributed by atoms with E-state index < -0.39 is 11.6 Å². The largest absolute Gasteiger partial charge is 0.392 e. The van der Waals surface area contributed by atoms with Crippen molar-refractivity contribution >= 4 is 5.71 Å². The maximum absolute atomic E-state index is 13.0. The van der Waals surface area contributed by atoms with E-state index >= 15 is 0 Å². The highest BCUT2D eigenvalue weighted by Crippen LogP contribution is 2.18. The molecule has 0 saturated carbocycles. The number of hydrogen-bond acceptors (Lipinski definition) is 3. The predicted molar refractivity (Wildman–Crippen MR) is 56.4 cm³/mol. The van der Waals surface area contributed by atoms with Gasteiger partial charge >= 0.3 is 0 Å². The van der Waals surface area contributed by atoms with Gasteiger partial charge in [0.1, 0.15) is 6.10 Å². The van der Waals surface area contributed by atoms with Crippen molar-refractivity contribution in [1.29, 1.82) is 0 Å². The molecule has 2 rings (SSSR count). The maximum Gasteiger partial charge on any atom is 0.159 e. The lowest BCUT2D eigenvalue weighted by Crippen LogP contribution is -2.11. The quantitative estimate of drug-likeness (QED) is 0.453. The van der Waals surface area contributed by atoms with E-state index in [2.05, 4.69) is 15.2 Å². The number of oxime groups is 1. The highest BCUT2D eigenvalue weighted by molar-refractivity contribution is 6.01. The standard InChI is InChI=1S/C10H8F2N4O/c11-8-2-1-6(3-9(8)12)10-4-7(17-15-10)5-14-16-13/h1-3,7H,4-5H2/t7-/m1/s1. The van der Waals surface area contributed by atoms with Crippen LogP contribution in [0.2, 0.25) is 0 Å². The van der Waals surface area contributed by atoms with Gasteiger partial charge in [0.25, 0.3) is 0 Å². The van der Waals surface area contributed by atoms with Crippen molar-refractivity contribution in [3.8, 4) is 0 Å². The van der Waals surface area contributed by atoms with Crippen molar-refractivity contribution in [2.24, 2.45) is 10.3 Å². The van der Waals surface area contributed by atoms with Crippen molar-refractivity contribution in [3.05, 3.63) is 45.8 Å². The number of benzene rings is 1. The van der Waals surface area contributed by atoms with Crippen molar-refractivity contribution in [2.45, 2.75) is 12.5 Å². The number of halogens is 2. The Balaban J connectivity index is 2.09. The molecule has 1 aromatic rings. The van der Waals surface area contributed by atoms with Crippen molar-refractivity contribution in [1.82, 2.24) is 0 Å². The molecule has 0 N–H and O–H groups in total. The fraction of sp³-hybridized carbons (Fsp3) is 0.300. The number of hydrogen-bond donors (Lipinski definition) is 0. The molecule has 7 heteroatoms. The maximum atomic E-state index is 13.0. The van der Waals surface area contributed by atoms with Gasteiger partial charge in [-0.3, -0.25) is 0 Å². The van der Waals surface area contributed by atoms with E-state index in [1.165, 1.54) is 6.07 Å². The summed E-state index contributed by atoms with van der Waals surface area (Å²) in [4.78, 5) is 7.61. The van der Waals surface area contributed by atoms with Gasteiger partial charge in [-0.05, 0) is 23.7 Å². The number of rotatable bonds is 3. The van der Waals surface area contributed by atoms with E-state index in [-0.39, 0.29) is 12.6 Å². The molecule has 0 fully saturated rings. The van der Waals surface area contributed by atoms with Crippen LogP contribution in [0.4, 0.5) is 8.78 Å². The summed E-state index contributed by atoms with van der Waals surface area (Å²) in [5.74, 6) is -1.83. The number of nitrogens with zero attached hydrogens (tertiary/aromatic N) is 4. The first kappa shape index (κ1) is 11.3. The second-order valence-electron chi connectivity index (χ2n) is 3.51. The first-order valence-electron chi connectivity index (χ1n) is 4.89. The van der Waals surface area contributed by atoms with Crippen LogP contribution in [0.25, 0.3) is 10.4 Å². The Morgan fingerprint density at radius 2 is 2.29 bits per heavy atom. The van der Waals surface area contributed by atoms with Crippen LogP contribution in [0.1, 0.15) is 12.0 Å². The monoisotopic (exact) mass is 238 g/mol. The summed E-state index contributed by atoms with van der Waals surface area (Å²) in [6.07, 6.45) is 0.0680. The smallest absolute Gasteiger partial charge is 0.159 e. The fourth-order valence-electron chi connectivity index (χ4n) is 1.50. The molecule has 0 aromatic heterocycles. The molecule has 0 radical (unpaired) electrons. The molecule has 0 aliphatic carbocycles. The summed E-state index contributed by atoms with van der Waals surface area (Å²) >= 11 is 0. The van der Waals surface area contributed by atoms with Crippen LogP contribution in [0.3, 0.4) is 0 Å². The summed E-state index contributed by atoms with van der Waals surface area (Å²) in [5, 5.41) is 7.12. The minimum atomic E-state index is -0.927. The van der Waals surface area contributed by atoms with Crippen molar-refractivity contribution in [2.75, 3.05) is 6.54 Å². The highest BCUT2D eigenvalue weighted by atomic mass is 19.2. The van der Waals surface area contributed by atoms with E-state index in [0.29, 0.717) is 17.7 Å². The van der Waals surface area contributed by atoms with Gasteiger partial charge in [-0.1, -0.05) is 10.3 Å². The molecule has 0 bridgehead atoms. The predicted octanol–water partition coefficient (Wildman–Crippen LogP) is 2.77. The van der Waals surface area contributed by atoms with E-state index in [1.807, 2.05) is 0 Å². The average Bonchev–Trinajstić information content (AvgIpc) is 2.79. The third-order valence-corrected chi connectivity index (χ3v) is 2.33. The molecular weight excluding hydrogens is 230 g/mol. The Kier molecular flexibility index (Phi) is 3.20. The molecule has 1 aliphatic heterocycles. The Bertz CT molecular complexity index is 511. The summed E-state index contributed by atoms with van der Waals surface area (Å²) < 4.78 is 25.7. The zero-order valence-electron chi connectivity index (χ0n) is 8.68. The Hall–Kier alpha value is -2.14. The second kappa shape index (κ2) is 4.80. The van der Waals surface area contributed by atoms with Gasteiger partial charge in [0.2, 0.25) is 0 Å². The van der Waals surface area contributed by atoms with Crippen LogP contribution in [0.5, 0.6) is 0 Å². The van der Waals surface area contributed by atoms with Gasteiger partial charge in [-0.15, -0.1) is 0 Å². The first-order chi connectivity index (χ1) is 8.20. The van der Waals surface area contributed by atoms with Crippen LogP contribution in [0.15, 0.2) is 28.5 Å². The summed E-state index contributed by atoms with van der Waals surface area (Å²) in [5.41, 5.74) is 9.13. The van der Waals surface area contributed by atoms with E-state index in [0.717, 1.165) is 12.1 Å². The minimum absolute atomic E-state index is 0.160. The molecule has 0 saturated heterocycles. The zero-order chi connectivity index (χ0) is 12.3. The van der Waals surface area contributed by atoms with Gasteiger partial charge in [-0.2, -0.15) is 0 Å². The summed E-state index contributed by atoms with van der Waals surface area (Å²) in [7, 11) is 0. The zero-order valence-corrected chi connectivity index (χ0v) is 8.68. The third-order valence-electron chi connectivity index (χ3n) is 2.33. The molecule has 1 aliphatic rings. The van der Waals surface area contributed by atoms with Crippen LogP contribution < -0.4 is 0 Å². The molecule has 0 unspecified atom stereocenters. The van der Waals surface area contributed by atoms with Crippen molar-refractivity contribution < 1.29 is 13.6 Å². The van der Waals surface area contributed by atoms with Crippen LogP contribution >= 0.6 is 0 Å². The minimum Gasteiger partial charge on any atom is -0.392 e. The van der Waals surface area contributed by atoms with E-state index in [4.69, 9.17) is 10.4 Å². The normalized spacial score (nSPS) is 18.2. The Morgan fingerprint density at radius 1 is 1.47 bits per heavy atom. The van der Waals surface area contributed by atoms with Crippen LogP contribution in [0, 0.1) is 11.6 Å². The second-order valence-corrected chi connectivity index (χ2v) is 3.51. The van der Waals surface area contributed by atoms with Crippen LogP contribution in [-0.4, -0.2) is 18.4 Å². The van der Waals surface area contributed by atoms with Crippen molar-refractivity contribution in [3.63, 3.8) is 0 Å². The number of azide groups is 1. The molecule has 5 nitrogen and oxygen atoms in total. The average molecular weight is 238 g/mol. The van der Waals surface area contributed by atoms with Gasteiger partial charge in [0.05, 0.1) is 12.3 Å². The molecule has 1 aromatic carbocycles. The van der Waals surface area contributed by atoms with Gasteiger partial charge in [0, 0.05) is 16.9 Å². The van der Waals surface area contributed by atoms with E-state index in [1.54, 1.807) is 0 Å². The Labute approximate surface area is 95.3 Å². The third kappa shape index (κ3) is 2.51. The molecular formula is C10H8F2N4O. The first-order valence-corrected chi connectivity index (χ1v) is 4.89. The molecule has 17 heavy (non-hydrogen) atoms. The van der Waals surface area contributed by atoms with Gasteiger partial charge < -0.3 is 4.84 Å². The lowest BCUT2D eigenvalue weighted by atomic mass is 10.0. The topological polar surface area (TPSA) is 70.4 Å². The molecule has 88 valence electrons.